The topological polar surface area (TPSA) is 58.6 Å². The van der Waals surface area contributed by atoms with Gasteiger partial charge >= 0.3 is 0 Å². The van der Waals surface area contributed by atoms with E-state index in [0.717, 1.165) is 16.9 Å². The minimum atomic E-state index is -0.128. The van der Waals surface area contributed by atoms with E-state index in [2.05, 4.69) is 5.32 Å². The smallest absolute Gasteiger partial charge is 0.253 e. The number of carbonyl (C=O) groups excluding carboxylic acids is 2. The van der Waals surface area contributed by atoms with Crippen LogP contribution in [0.4, 0.5) is 5.69 Å². The summed E-state index contributed by atoms with van der Waals surface area (Å²) in [6.07, 6.45) is 0.256. The van der Waals surface area contributed by atoms with Gasteiger partial charge < -0.3 is 15.0 Å². The molecule has 0 bridgehead atoms. The fourth-order valence-corrected chi connectivity index (χ4v) is 2.29. The van der Waals surface area contributed by atoms with Gasteiger partial charge in [-0.1, -0.05) is 12.1 Å². The van der Waals surface area contributed by atoms with Crippen molar-refractivity contribution >= 4 is 17.5 Å². The molecule has 0 aliphatic heterocycles. The maximum Gasteiger partial charge on any atom is 0.253 e. The molecule has 0 aliphatic rings. The second-order valence-electron chi connectivity index (χ2n) is 6.19. The first kappa shape index (κ1) is 18.5. The number of benzene rings is 2. The monoisotopic (exact) mass is 340 g/mol. The summed E-state index contributed by atoms with van der Waals surface area (Å²) in [5.41, 5.74) is 3.41. The van der Waals surface area contributed by atoms with Gasteiger partial charge in [-0.15, -0.1) is 0 Å². The van der Waals surface area contributed by atoms with Crippen LogP contribution >= 0.6 is 0 Å². The molecule has 1 N–H and O–H groups in total. The largest absolute Gasteiger partial charge is 0.493 e. The first-order valence-corrected chi connectivity index (χ1v) is 8.18. The zero-order valence-corrected chi connectivity index (χ0v) is 15.1. The summed E-state index contributed by atoms with van der Waals surface area (Å²) in [6.45, 7) is 4.29. The number of hydrogen-bond acceptors (Lipinski definition) is 3. The van der Waals surface area contributed by atoms with E-state index >= 15 is 0 Å². The number of anilines is 1. The van der Waals surface area contributed by atoms with Crippen molar-refractivity contribution in [1.29, 1.82) is 0 Å². The number of ether oxygens (including phenoxy) is 1. The molecule has 2 rings (SSSR count). The summed E-state index contributed by atoms with van der Waals surface area (Å²) in [4.78, 5) is 25.4. The van der Waals surface area contributed by atoms with Crippen molar-refractivity contribution in [3.63, 3.8) is 0 Å². The minimum absolute atomic E-state index is 0.0696. The summed E-state index contributed by atoms with van der Waals surface area (Å²) in [7, 11) is 3.40. The summed E-state index contributed by atoms with van der Waals surface area (Å²) in [6, 6.07) is 12.8. The van der Waals surface area contributed by atoms with Crippen LogP contribution in [0.15, 0.2) is 42.5 Å². The molecule has 0 radical (unpaired) electrons. The van der Waals surface area contributed by atoms with Crippen LogP contribution in [0.25, 0.3) is 0 Å². The number of amides is 2. The van der Waals surface area contributed by atoms with E-state index in [1.807, 2.05) is 32.0 Å². The van der Waals surface area contributed by atoms with Gasteiger partial charge in [-0.05, 0) is 55.3 Å². The molecule has 132 valence electrons. The van der Waals surface area contributed by atoms with Crippen molar-refractivity contribution in [2.45, 2.75) is 20.3 Å². The summed E-state index contributed by atoms with van der Waals surface area (Å²) in [5.74, 6) is 0.608. The van der Waals surface area contributed by atoms with Gasteiger partial charge in [0.25, 0.3) is 5.91 Å². The lowest BCUT2D eigenvalue weighted by Gasteiger charge is -2.12. The second-order valence-corrected chi connectivity index (χ2v) is 6.19. The van der Waals surface area contributed by atoms with Crippen LogP contribution in [0.2, 0.25) is 0 Å². The predicted octanol–water partition coefficient (Wildman–Crippen LogP) is 3.41. The molecule has 25 heavy (non-hydrogen) atoms. The fraction of sp³-hybridized carbons (Fsp3) is 0.300. The first-order valence-electron chi connectivity index (χ1n) is 8.18. The molecule has 5 nitrogen and oxygen atoms in total. The molecule has 0 aromatic heterocycles. The Kier molecular flexibility index (Phi) is 6.17. The molecule has 5 heteroatoms. The molecule has 0 fully saturated rings. The Bertz CT molecular complexity index is 752. The average molecular weight is 340 g/mol. The van der Waals surface area contributed by atoms with Gasteiger partial charge in [0.15, 0.2) is 0 Å². The molecule has 0 saturated heterocycles. The first-order chi connectivity index (χ1) is 11.9. The Morgan fingerprint density at radius 1 is 1.04 bits per heavy atom. The Labute approximate surface area is 148 Å². The van der Waals surface area contributed by atoms with Crippen LogP contribution in [0.1, 0.15) is 27.9 Å². The Morgan fingerprint density at radius 3 is 2.36 bits per heavy atom. The van der Waals surface area contributed by atoms with Crippen LogP contribution in [0.5, 0.6) is 5.75 Å². The molecule has 0 atom stereocenters. The van der Waals surface area contributed by atoms with Crippen molar-refractivity contribution in [1.82, 2.24) is 4.90 Å². The highest BCUT2D eigenvalue weighted by atomic mass is 16.5. The number of nitrogens with zero attached hydrogens (tertiary/aromatic N) is 1. The van der Waals surface area contributed by atoms with Crippen LogP contribution < -0.4 is 10.1 Å². The van der Waals surface area contributed by atoms with E-state index in [-0.39, 0.29) is 18.2 Å². The predicted molar refractivity (Wildman–Crippen MR) is 99.1 cm³/mol. The standard InChI is InChI=1S/C20H24N2O3/c1-14-5-6-15(2)18(13-14)25-12-11-19(23)21-17-9-7-16(8-10-17)20(24)22(3)4/h5-10,13H,11-12H2,1-4H3,(H,21,23). The van der Waals surface area contributed by atoms with Gasteiger partial charge in [0.05, 0.1) is 13.0 Å². The Balaban J connectivity index is 1.84. The van der Waals surface area contributed by atoms with E-state index < -0.39 is 0 Å². The van der Waals surface area contributed by atoms with E-state index in [1.165, 1.54) is 4.90 Å². The molecular formula is C20H24N2O3. The van der Waals surface area contributed by atoms with Crippen molar-refractivity contribution < 1.29 is 14.3 Å². The van der Waals surface area contributed by atoms with Crippen LogP contribution in [0.3, 0.4) is 0 Å². The summed E-state index contributed by atoms with van der Waals surface area (Å²) in [5, 5.41) is 2.81. The highest BCUT2D eigenvalue weighted by Gasteiger charge is 2.09. The zero-order chi connectivity index (χ0) is 18.4. The van der Waals surface area contributed by atoms with Gasteiger partial charge in [-0.25, -0.2) is 0 Å². The molecule has 0 saturated carbocycles. The summed E-state index contributed by atoms with van der Waals surface area (Å²) >= 11 is 0. The van der Waals surface area contributed by atoms with E-state index in [1.54, 1.807) is 38.4 Å². The number of rotatable bonds is 6. The Hall–Kier alpha value is -2.82. The number of carbonyl (C=O) groups is 2. The lowest BCUT2D eigenvalue weighted by atomic mass is 10.1. The van der Waals surface area contributed by atoms with Crippen molar-refractivity contribution in [3.8, 4) is 5.75 Å². The van der Waals surface area contributed by atoms with Gasteiger partial charge in [0, 0.05) is 25.3 Å². The molecule has 0 spiro atoms. The van der Waals surface area contributed by atoms with E-state index in [4.69, 9.17) is 4.74 Å². The third-order valence-electron chi connectivity index (χ3n) is 3.75. The highest BCUT2D eigenvalue weighted by Crippen LogP contribution is 2.19. The molecule has 0 unspecified atom stereocenters. The van der Waals surface area contributed by atoms with Crippen LogP contribution in [0, 0.1) is 13.8 Å². The van der Waals surface area contributed by atoms with Crippen molar-refractivity contribution in [2.75, 3.05) is 26.0 Å². The highest BCUT2D eigenvalue weighted by molar-refractivity contribution is 5.95. The number of aryl methyl sites for hydroxylation is 2. The normalized spacial score (nSPS) is 10.2. The van der Waals surface area contributed by atoms with Crippen LogP contribution in [-0.2, 0) is 4.79 Å². The SMILES string of the molecule is Cc1ccc(C)c(OCCC(=O)Nc2ccc(C(=O)N(C)C)cc2)c1. The fourth-order valence-electron chi connectivity index (χ4n) is 2.29. The maximum absolute atomic E-state index is 12.0. The molecule has 0 heterocycles. The Morgan fingerprint density at radius 2 is 1.72 bits per heavy atom. The minimum Gasteiger partial charge on any atom is -0.493 e. The molecule has 2 aromatic carbocycles. The lowest BCUT2D eigenvalue weighted by Crippen LogP contribution is -2.21. The van der Waals surface area contributed by atoms with Gasteiger partial charge in [0.1, 0.15) is 5.75 Å². The lowest BCUT2D eigenvalue weighted by molar-refractivity contribution is -0.116. The maximum atomic E-state index is 12.0. The van der Waals surface area contributed by atoms with E-state index in [9.17, 15) is 9.59 Å². The number of nitrogens with one attached hydrogen (secondary N) is 1. The molecule has 0 aliphatic carbocycles. The molecule has 2 aromatic rings. The van der Waals surface area contributed by atoms with Gasteiger partial charge in [-0.3, -0.25) is 9.59 Å². The molecular weight excluding hydrogens is 316 g/mol. The zero-order valence-electron chi connectivity index (χ0n) is 15.1. The van der Waals surface area contributed by atoms with Gasteiger partial charge in [-0.2, -0.15) is 0 Å². The summed E-state index contributed by atoms with van der Waals surface area (Å²) < 4.78 is 5.69. The quantitative estimate of drug-likeness (QED) is 0.877. The average Bonchev–Trinajstić information content (AvgIpc) is 2.58. The molecule has 2 amide bonds. The third kappa shape index (κ3) is 5.35. The van der Waals surface area contributed by atoms with Crippen molar-refractivity contribution in [3.05, 3.63) is 59.2 Å². The number of hydrogen-bond donors (Lipinski definition) is 1. The second kappa shape index (κ2) is 8.33. The van der Waals surface area contributed by atoms with Crippen LogP contribution in [-0.4, -0.2) is 37.4 Å². The third-order valence-corrected chi connectivity index (χ3v) is 3.75. The van der Waals surface area contributed by atoms with Gasteiger partial charge in [0.2, 0.25) is 5.91 Å². The van der Waals surface area contributed by atoms with E-state index in [0.29, 0.717) is 17.9 Å². The van der Waals surface area contributed by atoms with Crippen molar-refractivity contribution in [2.24, 2.45) is 0 Å².